The van der Waals surface area contributed by atoms with Crippen LogP contribution in [0.5, 0.6) is 0 Å². The molecule has 0 radical (unpaired) electrons. The van der Waals surface area contributed by atoms with Gasteiger partial charge in [-0.3, -0.25) is 4.90 Å². The number of fused-ring (bicyclic) bond motifs is 1. The average molecular weight is 285 g/mol. The molecule has 0 aliphatic carbocycles. The molecule has 0 atom stereocenters. The van der Waals surface area contributed by atoms with Crippen LogP contribution in [0.15, 0.2) is 51.7 Å². The summed E-state index contributed by atoms with van der Waals surface area (Å²) >= 11 is 0. The number of carboxylic acids is 1. The molecule has 0 amide bonds. The maximum absolute atomic E-state index is 10.9. The van der Waals surface area contributed by atoms with Crippen molar-refractivity contribution in [1.29, 1.82) is 0 Å². The summed E-state index contributed by atoms with van der Waals surface area (Å²) in [6, 6.07) is 9.20. The van der Waals surface area contributed by atoms with Crippen molar-refractivity contribution in [2.75, 3.05) is 7.05 Å². The predicted octanol–water partition coefficient (Wildman–Crippen LogP) is 3.36. The van der Waals surface area contributed by atoms with Crippen molar-refractivity contribution in [3.63, 3.8) is 0 Å². The van der Waals surface area contributed by atoms with E-state index in [0.29, 0.717) is 5.58 Å². The van der Waals surface area contributed by atoms with Crippen LogP contribution in [0, 0.1) is 0 Å². The quantitative estimate of drug-likeness (QED) is 0.778. The van der Waals surface area contributed by atoms with Gasteiger partial charge < -0.3 is 13.9 Å². The second-order valence-electron chi connectivity index (χ2n) is 5.09. The molecule has 5 heteroatoms. The fourth-order valence-corrected chi connectivity index (χ4v) is 2.36. The van der Waals surface area contributed by atoms with Crippen LogP contribution in [-0.2, 0) is 13.1 Å². The molecule has 0 spiro atoms. The van der Waals surface area contributed by atoms with Gasteiger partial charge >= 0.3 is 5.97 Å². The molecule has 0 aliphatic rings. The Hall–Kier alpha value is -2.53. The first-order valence-electron chi connectivity index (χ1n) is 6.57. The van der Waals surface area contributed by atoms with Crippen LogP contribution >= 0.6 is 0 Å². The first-order valence-corrected chi connectivity index (χ1v) is 6.57. The number of carboxylic acid groups (broad SMARTS) is 1. The standard InChI is InChI=1S/C16H15NO4/c1-17(9-12-4-5-20-10-12)8-11-2-3-14-13(6-11)7-15(21-14)16(18)19/h2-7,10H,8-9H2,1H3,(H,18,19). The minimum Gasteiger partial charge on any atom is -0.475 e. The molecule has 0 unspecified atom stereocenters. The Morgan fingerprint density at radius 3 is 2.71 bits per heavy atom. The van der Waals surface area contributed by atoms with Crippen LogP contribution in [0.1, 0.15) is 21.7 Å². The van der Waals surface area contributed by atoms with Gasteiger partial charge in [0.25, 0.3) is 0 Å². The van der Waals surface area contributed by atoms with Crippen LogP contribution in [-0.4, -0.2) is 23.0 Å². The molecule has 1 aromatic carbocycles. The first kappa shape index (κ1) is 13.5. The molecule has 1 N–H and O–H groups in total. The second kappa shape index (κ2) is 5.46. The van der Waals surface area contributed by atoms with Crippen LogP contribution in [0.2, 0.25) is 0 Å². The Morgan fingerprint density at radius 2 is 2.00 bits per heavy atom. The zero-order valence-electron chi connectivity index (χ0n) is 11.6. The van der Waals surface area contributed by atoms with E-state index in [1.807, 2.05) is 31.3 Å². The molecular formula is C16H15NO4. The number of aromatic carboxylic acids is 1. The highest BCUT2D eigenvalue weighted by Gasteiger charge is 2.11. The van der Waals surface area contributed by atoms with Crippen LogP contribution in [0.25, 0.3) is 11.0 Å². The molecule has 3 rings (SSSR count). The molecule has 0 saturated heterocycles. The van der Waals surface area contributed by atoms with Crippen molar-refractivity contribution < 1.29 is 18.7 Å². The Balaban J connectivity index is 1.76. The van der Waals surface area contributed by atoms with Crippen molar-refractivity contribution in [1.82, 2.24) is 4.90 Å². The van der Waals surface area contributed by atoms with Crippen LogP contribution in [0.4, 0.5) is 0 Å². The van der Waals surface area contributed by atoms with Crippen LogP contribution < -0.4 is 0 Å². The lowest BCUT2D eigenvalue weighted by atomic mass is 10.1. The summed E-state index contributed by atoms with van der Waals surface area (Å²) in [7, 11) is 2.02. The Morgan fingerprint density at radius 1 is 1.19 bits per heavy atom. The molecule has 5 nitrogen and oxygen atoms in total. The minimum atomic E-state index is -1.05. The Bertz CT molecular complexity index is 758. The monoisotopic (exact) mass is 285 g/mol. The van der Waals surface area contributed by atoms with E-state index in [9.17, 15) is 4.79 Å². The van der Waals surface area contributed by atoms with E-state index in [1.54, 1.807) is 18.6 Å². The highest BCUT2D eigenvalue weighted by Crippen LogP contribution is 2.21. The number of benzene rings is 1. The summed E-state index contributed by atoms with van der Waals surface area (Å²) in [4.78, 5) is 13.1. The third-order valence-corrected chi connectivity index (χ3v) is 3.28. The summed E-state index contributed by atoms with van der Waals surface area (Å²) in [6.07, 6.45) is 3.39. The number of furan rings is 2. The summed E-state index contributed by atoms with van der Waals surface area (Å²) < 4.78 is 10.3. The fraction of sp³-hybridized carbons (Fsp3) is 0.188. The van der Waals surface area contributed by atoms with E-state index in [2.05, 4.69) is 4.90 Å². The number of nitrogens with zero attached hydrogens (tertiary/aromatic N) is 1. The highest BCUT2D eigenvalue weighted by atomic mass is 16.4. The second-order valence-corrected chi connectivity index (χ2v) is 5.09. The van der Waals surface area contributed by atoms with Gasteiger partial charge in [0, 0.05) is 24.0 Å². The van der Waals surface area contributed by atoms with Gasteiger partial charge in [0.2, 0.25) is 5.76 Å². The maximum Gasteiger partial charge on any atom is 0.371 e. The van der Waals surface area contributed by atoms with E-state index in [1.165, 1.54) is 0 Å². The summed E-state index contributed by atoms with van der Waals surface area (Å²) in [5, 5.41) is 9.74. The number of rotatable bonds is 5. The van der Waals surface area contributed by atoms with Crippen molar-refractivity contribution in [2.45, 2.75) is 13.1 Å². The van der Waals surface area contributed by atoms with Gasteiger partial charge in [-0.25, -0.2) is 4.79 Å². The molecule has 0 aliphatic heterocycles. The van der Waals surface area contributed by atoms with E-state index in [0.717, 1.165) is 29.6 Å². The predicted molar refractivity (Wildman–Crippen MR) is 77.1 cm³/mol. The summed E-state index contributed by atoms with van der Waals surface area (Å²) in [5.74, 6) is -1.08. The molecular weight excluding hydrogens is 270 g/mol. The van der Waals surface area contributed by atoms with Gasteiger partial charge in [0.15, 0.2) is 0 Å². The SMILES string of the molecule is CN(Cc1ccoc1)Cc1ccc2oc(C(=O)O)cc2c1. The highest BCUT2D eigenvalue weighted by molar-refractivity contribution is 5.91. The molecule has 0 saturated carbocycles. The van der Waals surface area contributed by atoms with Crippen molar-refractivity contribution in [3.8, 4) is 0 Å². The molecule has 0 fully saturated rings. The normalized spacial score (nSPS) is 11.3. The van der Waals surface area contributed by atoms with Crippen molar-refractivity contribution >= 4 is 16.9 Å². The lowest BCUT2D eigenvalue weighted by Crippen LogP contribution is -2.16. The van der Waals surface area contributed by atoms with Crippen molar-refractivity contribution in [2.24, 2.45) is 0 Å². The lowest BCUT2D eigenvalue weighted by Gasteiger charge is -2.15. The van der Waals surface area contributed by atoms with Gasteiger partial charge in [0.05, 0.1) is 12.5 Å². The van der Waals surface area contributed by atoms with Gasteiger partial charge in [-0.1, -0.05) is 6.07 Å². The van der Waals surface area contributed by atoms with E-state index >= 15 is 0 Å². The molecule has 108 valence electrons. The molecule has 21 heavy (non-hydrogen) atoms. The molecule has 2 aromatic heterocycles. The minimum absolute atomic E-state index is 0.0334. The van der Waals surface area contributed by atoms with E-state index < -0.39 is 5.97 Å². The fourth-order valence-electron chi connectivity index (χ4n) is 2.36. The Kier molecular flexibility index (Phi) is 3.50. The zero-order valence-corrected chi connectivity index (χ0v) is 11.6. The molecule has 0 bridgehead atoms. The zero-order chi connectivity index (χ0) is 14.8. The Labute approximate surface area is 121 Å². The lowest BCUT2D eigenvalue weighted by molar-refractivity contribution is 0.0665. The maximum atomic E-state index is 10.9. The number of hydrogen-bond donors (Lipinski definition) is 1. The van der Waals surface area contributed by atoms with E-state index in [-0.39, 0.29) is 5.76 Å². The van der Waals surface area contributed by atoms with Crippen molar-refractivity contribution in [3.05, 3.63) is 59.7 Å². The first-order chi connectivity index (χ1) is 10.1. The topological polar surface area (TPSA) is 66.8 Å². The summed E-state index contributed by atoms with van der Waals surface area (Å²) in [6.45, 7) is 1.55. The van der Waals surface area contributed by atoms with Gasteiger partial charge in [-0.2, -0.15) is 0 Å². The third-order valence-electron chi connectivity index (χ3n) is 3.28. The van der Waals surface area contributed by atoms with E-state index in [4.69, 9.17) is 13.9 Å². The van der Waals surface area contributed by atoms with Gasteiger partial charge in [-0.05, 0) is 36.9 Å². The average Bonchev–Trinajstić information content (AvgIpc) is 3.06. The largest absolute Gasteiger partial charge is 0.475 e. The number of carbonyl (C=O) groups is 1. The summed E-state index contributed by atoms with van der Waals surface area (Å²) in [5.41, 5.74) is 2.81. The van der Waals surface area contributed by atoms with Gasteiger partial charge in [-0.15, -0.1) is 0 Å². The number of hydrogen-bond acceptors (Lipinski definition) is 4. The van der Waals surface area contributed by atoms with Crippen LogP contribution in [0.3, 0.4) is 0 Å². The van der Waals surface area contributed by atoms with Gasteiger partial charge in [0.1, 0.15) is 5.58 Å². The molecule has 2 heterocycles. The third kappa shape index (κ3) is 2.98. The molecule has 3 aromatic rings. The smallest absolute Gasteiger partial charge is 0.371 e.